The van der Waals surface area contributed by atoms with Crippen LogP contribution in [0.2, 0.25) is 0 Å². The number of hydrogen-bond donors (Lipinski definition) is 0. The first-order valence-electron chi connectivity index (χ1n) is 9.44. The second kappa shape index (κ2) is 8.61. The molecule has 0 unspecified atom stereocenters. The van der Waals surface area contributed by atoms with Crippen molar-refractivity contribution in [1.82, 2.24) is 9.88 Å². The monoisotopic (exact) mass is 346 g/mol. The Kier molecular flexibility index (Phi) is 6.00. The van der Waals surface area contributed by atoms with E-state index in [-0.39, 0.29) is 5.91 Å². The number of carbonyl (C=O) groups is 1. The van der Waals surface area contributed by atoms with Crippen molar-refractivity contribution in [3.05, 3.63) is 66.2 Å². The average Bonchev–Trinajstić information content (AvgIpc) is 2.69. The third-order valence-corrected chi connectivity index (χ3v) is 4.82. The highest BCUT2D eigenvalue weighted by molar-refractivity contribution is 5.85. The molecule has 0 saturated carbocycles. The van der Waals surface area contributed by atoms with Crippen LogP contribution in [0.3, 0.4) is 0 Å². The Morgan fingerprint density at radius 2 is 1.65 bits per heavy atom. The molecule has 1 aromatic heterocycles. The first-order chi connectivity index (χ1) is 12.7. The third kappa shape index (κ3) is 4.10. The Morgan fingerprint density at radius 3 is 2.38 bits per heavy atom. The first-order valence-corrected chi connectivity index (χ1v) is 9.44. The van der Waals surface area contributed by atoms with Gasteiger partial charge in [0.1, 0.15) is 0 Å². The normalized spacial score (nSPS) is 10.8. The number of para-hydroxylation sites is 1. The van der Waals surface area contributed by atoms with Gasteiger partial charge in [0.15, 0.2) is 0 Å². The van der Waals surface area contributed by atoms with Crippen LogP contribution in [0.1, 0.15) is 32.3 Å². The Morgan fingerprint density at radius 1 is 0.962 bits per heavy atom. The van der Waals surface area contributed by atoms with Crippen LogP contribution in [0, 0.1) is 0 Å². The Bertz CT molecular complexity index is 870. The standard InChI is InChI=1S/C23H26N2O/c1-3-25(4-2)23(26)16-10-13-19-17-22(18-11-6-5-7-12-18)24-21-15-9-8-14-20(19)21/h5-9,11-12,14-15,17H,3-4,10,13,16H2,1-2H3. The number of hydrogen-bond acceptors (Lipinski definition) is 2. The molecule has 1 amide bonds. The van der Waals surface area contributed by atoms with Gasteiger partial charge in [-0.2, -0.15) is 0 Å². The summed E-state index contributed by atoms with van der Waals surface area (Å²) in [6, 6.07) is 20.7. The lowest BCUT2D eigenvalue weighted by Gasteiger charge is -2.18. The van der Waals surface area contributed by atoms with Crippen LogP contribution in [0.15, 0.2) is 60.7 Å². The molecule has 0 N–H and O–H groups in total. The van der Waals surface area contributed by atoms with Crippen molar-refractivity contribution in [3.8, 4) is 11.3 Å². The quantitative estimate of drug-likeness (QED) is 0.597. The van der Waals surface area contributed by atoms with Gasteiger partial charge in [-0.3, -0.25) is 4.79 Å². The maximum atomic E-state index is 12.3. The van der Waals surface area contributed by atoms with E-state index in [0.29, 0.717) is 6.42 Å². The van der Waals surface area contributed by atoms with Gasteiger partial charge in [0.25, 0.3) is 0 Å². The molecule has 0 saturated heterocycles. The van der Waals surface area contributed by atoms with Crippen molar-refractivity contribution in [1.29, 1.82) is 0 Å². The minimum absolute atomic E-state index is 0.247. The van der Waals surface area contributed by atoms with Gasteiger partial charge in [0.05, 0.1) is 11.2 Å². The van der Waals surface area contributed by atoms with Crippen molar-refractivity contribution < 1.29 is 4.79 Å². The van der Waals surface area contributed by atoms with Crippen LogP contribution < -0.4 is 0 Å². The van der Waals surface area contributed by atoms with E-state index in [4.69, 9.17) is 4.98 Å². The molecule has 2 aromatic carbocycles. The second-order valence-corrected chi connectivity index (χ2v) is 6.47. The molecule has 0 aliphatic rings. The van der Waals surface area contributed by atoms with Crippen LogP contribution in [0.4, 0.5) is 0 Å². The van der Waals surface area contributed by atoms with Gasteiger partial charge in [-0.1, -0.05) is 48.5 Å². The zero-order valence-electron chi connectivity index (χ0n) is 15.6. The number of aromatic nitrogens is 1. The minimum atomic E-state index is 0.247. The topological polar surface area (TPSA) is 33.2 Å². The van der Waals surface area contributed by atoms with Gasteiger partial charge in [0, 0.05) is 30.5 Å². The summed E-state index contributed by atoms with van der Waals surface area (Å²) in [4.78, 5) is 19.0. The summed E-state index contributed by atoms with van der Waals surface area (Å²) in [6.07, 6.45) is 2.34. The largest absolute Gasteiger partial charge is 0.343 e. The smallest absolute Gasteiger partial charge is 0.222 e. The average molecular weight is 346 g/mol. The molecule has 26 heavy (non-hydrogen) atoms. The number of rotatable bonds is 7. The zero-order valence-corrected chi connectivity index (χ0v) is 15.6. The van der Waals surface area contributed by atoms with Crippen LogP contribution in [-0.4, -0.2) is 28.9 Å². The second-order valence-electron chi connectivity index (χ2n) is 6.47. The van der Waals surface area contributed by atoms with Crippen LogP contribution in [-0.2, 0) is 11.2 Å². The van der Waals surface area contributed by atoms with E-state index >= 15 is 0 Å². The fraction of sp³-hybridized carbons (Fsp3) is 0.304. The van der Waals surface area contributed by atoms with E-state index in [1.165, 1.54) is 10.9 Å². The van der Waals surface area contributed by atoms with Crippen molar-refractivity contribution in [3.63, 3.8) is 0 Å². The van der Waals surface area contributed by atoms with Crippen LogP contribution in [0.25, 0.3) is 22.2 Å². The van der Waals surface area contributed by atoms with Crippen molar-refractivity contribution in [2.24, 2.45) is 0 Å². The molecule has 3 aromatic rings. The number of amides is 1. The SMILES string of the molecule is CCN(CC)C(=O)CCCc1cc(-c2ccccc2)nc2ccccc12. The molecule has 0 aliphatic heterocycles. The van der Waals surface area contributed by atoms with E-state index in [9.17, 15) is 4.79 Å². The summed E-state index contributed by atoms with van der Waals surface area (Å²) in [6.45, 7) is 5.63. The first kappa shape index (κ1) is 18.1. The highest BCUT2D eigenvalue weighted by Gasteiger charge is 2.11. The van der Waals surface area contributed by atoms with E-state index in [1.807, 2.05) is 43.0 Å². The molecule has 0 spiro atoms. The fourth-order valence-electron chi connectivity index (χ4n) is 3.38. The molecule has 3 nitrogen and oxygen atoms in total. The predicted octanol–water partition coefficient (Wildman–Crippen LogP) is 5.09. The maximum absolute atomic E-state index is 12.3. The predicted molar refractivity (Wildman–Crippen MR) is 108 cm³/mol. The lowest BCUT2D eigenvalue weighted by molar-refractivity contribution is -0.130. The summed E-state index contributed by atoms with van der Waals surface area (Å²) < 4.78 is 0. The van der Waals surface area contributed by atoms with Gasteiger partial charge in [-0.15, -0.1) is 0 Å². The summed E-state index contributed by atoms with van der Waals surface area (Å²) >= 11 is 0. The van der Waals surface area contributed by atoms with Crippen molar-refractivity contribution >= 4 is 16.8 Å². The van der Waals surface area contributed by atoms with Crippen molar-refractivity contribution in [2.45, 2.75) is 33.1 Å². The van der Waals surface area contributed by atoms with Crippen LogP contribution in [0.5, 0.6) is 0 Å². The minimum Gasteiger partial charge on any atom is -0.343 e. The van der Waals surface area contributed by atoms with E-state index in [0.717, 1.165) is 42.7 Å². The highest BCUT2D eigenvalue weighted by atomic mass is 16.2. The van der Waals surface area contributed by atoms with E-state index in [1.54, 1.807) is 0 Å². The lowest BCUT2D eigenvalue weighted by atomic mass is 10.00. The highest BCUT2D eigenvalue weighted by Crippen LogP contribution is 2.26. The van der Waals surface area contributed by atoms with Crippen LogP contribution >= 0.6 is 0 Å². The molecule has 0 atom stereocenters. The van der Waals surface area contributed by atoms with Gasteiger partial charge < -0.3 is 4.90 Å². The van der Waals surface area contributed by atoms with Gasteiger partial charge >= 0.3 is 0 Å². The zero-order chi connectivity index (χ0) is 18.4. The summed E-state index contributed by atoms with van der Waals surface area (Å²) in [7, 11) is 0. The van der Waals surface area contributed by atoms with E-state index in [2.05, 4.69) is 36.4 Å². The Hall–Kier alpha value is -2.68. The molecule has 134 valence electrons. The molecular formula is C23H26N2O. The lowest BCUT2D eigenvalue weighted by Crippen LogP contribution is -2.30. The molecule has 0 aliphatic carbocycles. The summed E-state index contributed by atoms with van der Waals surface area (Å²) in [5, 5.41) is 1.18. The van der Waals surface area contributed by atoms with Crippen molar-refractivity contribution in [2.75, 3.05) is 13.1 Å². The fourth-order valence-corrected chi connectivity index (χ4v) is 3.38. The number of fused-ring (bicyclic) bond motifs is 1. The number of pyridine rings is 1. The summed E-state index contributed by atoms with van der Waals surface area (Å²) in [5.41, 5.74) is 4.40. The summed E-state index contributed by atoms with van der Waals surface area (Å²) in [5.74, 6) is 0.247. The molecule has 0 fully saturated rings. The van der Waals surface area contributed by atoms with E-state index < -0.39 is 0 Å². The molecule has 3 rings (SSSR count). The number of benzene rings is 2. The molecule has 3 heteroatoms. The number of nitrogens with zero attached hydrogens (tertiary/aromatic N) is 2. The molecule has 0 radical (unpaired) electrons. The van der Waals surface area contributed by atoms with Gasteiger partial charge in [0.2, 0.25) is 5.91 Å². The van der Waals surface area contributed by atoms with Gasteiger partial charge in [-0.05, 0) is 44.4 Å². The molecule has 1 heterocycles. The Balaban J connectivity index is 1.84. The Labute approximate surface area is 155 Å². The third-order valence-electron chi connectivity index (χ3n) is 4.82. The van der Waals surface area contributed by atoms with Gasteiger partial charge in [-0.25, -0.2) is 4.98 Å². The maximum Gasteiger partial charge on any atom is 0.222 e. The molecular weight excluding hydrogens is 320 g/mol. The number of carbonyl (C=O) groups excluding carboxylic acids is 1. The molecule has 0 bridgehead atoms. The number of aryl methyl sites for hydroxylation is 1.